The van der Waals surface area contributed by atoms with Crippen LogP contribution in [0.4, 0.5) is 0 Å². The first-order chi connectivity index (χ1) is 8.20. The van der Waals surface area contributed by atoms with E-state index in [1.165, 1.54) is 0 Å². The fourth-order valence-electron chi connectivity index (χ4n) is 1.80. The number of imidazole rings is 1. The number of aromatic amines is 1. The molecule has 0 aliphatic rings. The summed E-state index contributed by atoms with van der Waals surface area (Å²) in [4.78, 5) is 7.77. The number of hydrogen-bond acceptors (Lipinski definition) is 2. The van der Waals surface area contributed by atoms with Crippen molar-refractivity contribution in [1.29, 1.82) is 0 Å². The first-order valence-electron chi connectivity index (χ1n) is 5.63. The van der Waals surface area contributed by atoms with Gasteiger partial charge in [0.25, 0.3) is 0 Å². The van der Waals surface area contributed by atoms with E-state index in [1.807, 2.05) is 31.2 Å². The van der Waals surface area contributed by atoms with Crippen molar-refractivity contribution in [3.63, 3.8) is 0 Å². The Kier molecular flexibility index (Phi) is 3.82. The van der Waals surface area contributed by atoms with Gasteiger partial charge in [-0.2, -0.15) is 0 Å². The van der Waals surface area contributed by atoms with Crippen molar-refractivity contribution in [2.45, 2.75) is 19.8 Å². The van der Waals surface area contributed by atoms with E-state index in [-0.39, 0.29) is 6.61 Å². The average molecular weight is 251 g/mol. The van der Waals surface area contributed by atoms with Gasteiger partial charge in [-0.15, -0.1) is 0 Å². The monoisotopic (exact) mass is 250 g/mol. The van der Waals surface area contributed by atoms with Gasteiger partial charge in [0.1, 0.15) is 5.82 Å². The van der Waals surface area contributed by atoms with Crippen molar-refractivity contribution in [3.8, 4) is 11.3 Å². The molecule has 2 aromatic rings. The summed E-state index contributed by atoms with van der Waals surface area (Å²) < 4.78 is 0. The summed E-state index contributed by atoms with van der Waals surface area (Å²) in [6, 6.07) is 7.66. The highest BCUT2D eigenvalue weighted by atomic mass is 35.5. The summed E-state index contributed by atoms with van der Waals surface area (Å²) in [7, 11) is 0. The van der Waals surface area contributed by atoms with Gasteiger partial charge in [0, 0.05) is 29.3 Å². The molecular formula is C13H15ClN2O. The SMILES string of the molecule is Cc1[nH]c(CCCO)nc1-c1cccc(Cl)c1. The number of hydrogen-bond donors (Lipinski definition) is 2. The highest BCUT2D eigenvalue weighted by Crippen LogP contribution is 2.24. The average Bonchev–Trinajstić information content (AvgIpc) is 2.68. The summed E-state index contributed by atoms with van der Waals surface area (Å²) in [5.41, 5.74) is 2.97. The molecule has 0 fully saturated rings. The molecule has 2 rings (SSSR count). The first-order valence-corrected chi connectivity index (χ1v) is 6.01. The Morgan fingerprint density at radius 1 is 1.41 bits per heavy atom. The molecular weight excluding hydrogens is 236 g/mol. The zero-order valence-corrected chi connectivity index (χ0v) is 10.5. The number of aliphatic hydroxyl groups excluding tert-OH is 1. The lowest BCUT2D eigenvalue weighted by Crippen LogP contribution is -1.91. The lowest BCUT2D eigenvalue weighted by atomic mass is 10.1. The zero-order valence-electron chi connectivity index (χ0n) is 9.70. The van der Waals surface area contributed by atoms with Crippen LogP contribution in [0.5, 0.6) is 0 Å². The minimum Gasteiger partial charge on any atom is -0.396 e. The van der Waals surface area contributed by atoms with Gasteiger partial charge in [0.05, 0.1) is 5.69 Å². The Labute approximate surface area is 105 Å². The summed E-state index contributed by atoms with van der Waals surface area (Å²) in [6.07, 6.45) is 1.49. The van der Waals surface area contributed by atoms with Crippen LogP contribution in [0.3, 0.4) is 0 Å². The van der Waals surface area contributed by atoms with Crippen LogP contribution in [0.15, 0.2) is 24.3 Å². The Morgan fingerprint density at radius 3 is 2.94 bits per heavy atom. The third-order valence-electron chi connectivity index (χ3n) is 2.60. The van der Waals surface area contributed by atoms with Crippen molar-refractivity contribution in [2.24, 2.45) is 0 Å². The van der Waals surface area contributed by atoms with Crippen LogP contribution in [-0.4, -0.2) is 21.7 Å². The van der Waals surface area contributed by atoms with Crippen molar-refractivity contribution in [1.82, 2.24) is 9.97 Å². The molecule has 0 atom stereocenters. The number of aromatic nitrogens is 2. The molecule has 17 heavy (non-hydrogen) atoms. The van der Waals surface area contributed by atoms with E-state index < -0.39 is 0 Å². The molecule has 1 heterocycles. The fraction of sp³-hybridized carbons (Fsp3) is 0.308. The molecule has 0 amide bonds. The van der Waals surface area contributed by atoms with Crippen molar-refractivity contribution in [2.75, 3.05) is 6.61 Å². The minimum atomic E-state index is 0.187. The third kappa shape index (κ3) is 2.87. The van der Waals surface area contributed by atoms with Crippen LogP contribution in [0.25, 0.3) is 11.3 Å². The van der Waals surface area contributed by atoms with E-state index in [0.29, 0.717) is 5.02 Å². The van der Waals surface area contributed by atoms with E-state index in [9.17, 15) is 0 Å². The lowest BCUT2D eigenvalue weighted by Gasteiger charge is -1.98. The number of rotatable bonds is 4. The van der Waals surface area contributed by atoms with Crippen LogP contribution in [0.1, 0.15) is 17.9 Å². The molecule has 0 unspecified atom stereocenters. The number of aliphatic hydroxyl groups is 1. The van der Waals surface area contributed by atoms with Crippen molar-refractivity contribution < 1.29 is 5.11 Å². The van der Waals surface area contributed by atoms with E-state index in [2.05, 4.69) is 9.97 Å². The number of nitrogens with one attached hydrogen (secondary N) is 1. The van der Waals surface area contributed by atoms with Gasteiger partial charge in [-0.1, -0.05) is 23.7 Å². The number of halogens is 1. The third-order valence-corrected chi connectivity index (χ3v) is 2.84. The maximum Gasteiger partial charge on any atom is 0.107 e. The predicted octanol–water partition coefficient (Wildman–Crippen LogP) is 2.96. The van der Waals surface area contributed by atoms with E-state index in [1.54, 1.807) is 0 Å². The van der Waals surface area contributed by atoms with Gasteiger partial charge < -0.3 is 10.1 Å². The molecule has 0 saturated heterocycles. The first kappa shape index (κ1) is 12.1. The Morgan fingerprint density at radius 2 is 2.24 bits per heavy atom. The second-order valence-electron chi connectivity index (χ2n) is 3.99. The number of benzene rings is 1. The van der Waals surface area contributed by atoms with Gasteiger partial charge in [0.15, 0.2) is 0 Å². The zero-order chi connectivity index (χ0) is 12.3. The lowest BCUT2D eigenvalue weighted by molar-refractivity contribution is 0.287. The highest BCUT2D eigenvalue weighted by Gasteiger charge is 2.08. The minimum absolute atomic E-state index is 0.187. The molecule has 2 N–H and O–H groups in total. The quantitative estimate of drug-likeness (QED) is 0.877. The van der Waals surface area contributed by atoms with E-state index >= 15 is 0 Å². The molecule has 0 aliphatic heterocycles. The van der Waals surface area contributed by atoms with Gasteiger partial charge in [0.2, 0.25) is 0 Å². The number of H-pyrrole nitrogens is 1. The summed E-state index contributed by atoms with van der Waals surface area (Å²) in [5.74, 6) is 0.909. The molecule has 4 heteroatoms. The van der Waals surface area contributed by atoms with Gasteiger partial charge in [-0.25, -0.2) is 4.98 Å². The summed E-state index contributed by atoms with van der Waals surface area (Å²) >= 11 is 5.97. The Balaban J connectivity index is 2.29. The smallest absolute Gasteiger partial charge is 0.107 e. The second kappa shape index (κ2) is 5.34. The van der Waals surface area contributed by atoms with Gasteiger partial charge in [-0.05, 0) is 25.5 Å². The summed E-state index contributed by atoms with van der Waals surface area (Å²) in [5, 5.41) is 9.51. The second-order valence-corrected chi connectivity index (χ2v) is 4.43. The maximum absolute atomic E-state index is 8.80. The van der Waals surface area contributed by atoms with Crippen LogP contribution < -0.4 is 0 Å². The van der Waals surface area contributed by atoms with Crippen LogP contribution in [0.2, 0.25) is 5.02 Å². The molecule has 1 aromatic heterocycles. The van der Waals surface area contributed by atoms with Gasteiger partial charge in [-0.3, -0.25) is 0 Å². The summed E-state index contributed by atoms with van der Waals surface area (Å²) in [6.45, 7) is 2.18. The number of aryl methyl sites for hydroxylation is 2. The normalized spacial score (nSPS) is 10.8. The maximum atomic E-state index is 8.80. The fourth-order valence-corrected chi connectivity index (χ4v) is 1.99. The van der Waals surface area contributed by atoms with Crippen molar-refractivity contribution >= 4 is 11.6 Å². The molecule has 0 saturated carbocycles. The van der Waals surface area contributed by atoms with Crippen LogP contribution in [0, 0.1) is 6.92 Å². The Bertz CT molecular complexity index is 508. The van der Waals surface area contributed by atoms with E-state index in [0.717, 1.165) is 35.6 Å². The molecule has 0 radical (unpaired) electrons. The predicted molar refractivity (Wildman–Crippen MR) is 69.2 cm³/mol. The Hall–Kier alpha value is -1.32. The van der Waals surface area contributed by atoms with Gasteiger partial charge >= 0.3 is 0 Å². The van der Waals surface area contributed by atoms with E-state index in [4.69, 9.17) is 16.7 Å². The molecule has 0 aliphatic carbocycles. The van der Waals surface area contributed by atoms with Crippen molar-refractivity contribution in [3.05, 3.63) is 40.8 Å². The molecule has 0 bridgehead atoms. The topological polar surface area (TPSA) is 48.9 Å². The standard InChI is InChI=1S/C13H15ClN2O/c1-9-13(10-4-2-5-11(14)8-10)16-12(15-9)6-3-7-17/h2,4-5,8,17H,3,6-7H2,1H3,(H,15,16). The highest BCUT2D eigenvalue weighted by molar-refractivity contribution is 6.30. The van der Waals surface area contributed by atoms with Crippen LogP contribution in [-0.2, 0) is 6.42 Å². The number of nitrogens with zero attached hydrogens (tertiary/aromatic N) is 1. The molecule has 3 nitrogen and oxygen atoms in total. The molecule has 90 valence electrons. The van der Waals surface area contributed by atoms with Crippen LogP contribution >= 0.6 is 11.6 Å². The molecule has 0 spiro atoms. The largest absolute Gasteiger partial charge is 0.396 e. The molecule has 1 aromatic carbocycles.